The lowest BCUT2D eigenvalue weighted by Crippen LogP contribution is -2.28. The van der Waals surface area contributed by atoms with E-state index in [1.807, 2.05) is 0 Å². The van der Waals surface area contributed by atoms with Gasteiger partial charge in [0.05, 0.1) is 5.69 Å². The summed E-state index contributed by atoms with van der Waals surface area (Å²) >= 11 is 1.77. The maximum atomic E-state index is 6.13. The summed E-state index contributed by atoms with van der Waals surface area (Å²) in [5.41, 5.74) is 7.36. The second-order valence-electron chi connectivity index (χ2n) is 5.03. The van der Waals surface area contributed by atoms with Crippen LogP contribution in [0.15, 0.2) is 0 Å². The van der Waals surface area contributed by atoms with Gasteiger partial charge in [0.25, 0.3) is 0 Å². The van der Waals surface area contributed by atoms with Gasteiger partial charge in [0.2, 0.25) is 0 Å². The fourth-order valence-corrected chi connectivity index (χ4v) is 3.18. The van der Waals surface area contributed by atoms with Crippen molar-refractivity contribution < 1.29 is 0 Å². The number of likely N-dealkylation sites (N-methyl/N-ethyl adjacent to an activating group) is 2. The second-order valence-corrected chi connectivity index (χ2v) is 6.04. The van der Waals surface area contributed by atoms with Gasteiger partial charge in [-0.15, -0.1) is 11.3 Å². The SMILES string of the molecule is CN(C)CCN(C)c1nc2c(s1)C(N)CCC2. The summed E-state index contributed by atoms with van der Waals surface area (Å²) in [7, 11) is 6.30. The van der Waals surface area contributed by atoms with Gasteiger partial charge in [0.1, 0.15) is 0 Å². The summed E-state index contributed by atoms with van der Waals surface area (Å²) < 4.78 is 0. The molecule has 5 heteroatoms. The predicted octanol–water partition coefficient (Wildman–Crippen LogP) is 1.48. The minimum Gasteiger partial charge on any atom is -0.350 e. The van der Waals surface area contributed by atoms with Crippen molar-refractivity contribution in [3.8, 4) is 0 Å². The molecule has 2 rings (SSSR count). The number of aromatic nitrogens is 1. The van der Waals surface area contributed by atoms with Crippen LogP contribution in [0.2, 0.25) is 0 Å². The molecular weight excluding hydrogens is 232 g/mol. The molecule has 1 aromatic rings. The van der Waals surface area contributed by atoms with Gasteiger partial charge in [-0.1, -0.05) is 0 Å². The Morgan fingerprint density at radius 2 is 2.12 bits per heavy atom. The van der Waals surface area contributed by atoms with E-state index in [1.54, 1.807) is 11.3 Å². The highest BCUT2D eigenvalue weighted by Crippen LogP contribution is 2.35. The molecule has 4 nitrogen and oxygen atoms in total. The molecule has 0 saturated heterocycles. The third-order valence-electron chi connectivity index (χ3n) is 3.19. The highest BCUT2D eigenvalue weighted by molar-refractivity contribution is 7.15. The zero-order valence-electron chi connectivity index (χ0n) is 10.9. The van der Waals surface area contributed by atoms with Crippen LogP contribution >= 0.6 is 11.3 Å². The van der Waals surface area contributed by atoms with E-state index >= 15 is 0 Å². The van der Waals surface area contributed by atoms with Crippen LogP contribution in [-0.4, -0.2) is 44.1 Å². The number of thiazole rings is 1. The number of nitrogens with two attached hydrogens (primary N) is 1. The molecule has 0 spiro atoms. The average molecular weight is 254 g/mol. The molecule has 0 aromatic carbocycles. The number of nitrogens with zero attached hydrogens (tertiary/aromatic N) is 3. The number of rotatable bonds is 4. The zero-order valence-corrected chi connectivity index (χ0v) is 11.8. The maximum absolute atomic E-state index is 6.13. The summed E-state index contributed by atoms with van der Waals surface area (Å²) in [6.45, 7) is 2.06. The maximum Gasteiger partial charge on any atom is 0.185 e. The molecule has 0 fully saturated rings. The number of anilines is 1. The van der Waals surface area contributed by atoms with E-state index in [1.165, 1.54) is 17.0 Å². The van der Waals surface area contributed by atoms with E-state index in [0.717, 1.165) is 31.1 Å². The van der Waals surface area contributed by atoms with Crippen LogP contribution in [0.5, 0.6) is 0 Å². The Bertz CT molecular complexity index is 375. The van der Waals surface area contributed by atoms with Gasteiger partial charge < -0.3 is 15.5 Å². The van der Waals surface area contributed by atoms with Gasteiger partial charge in [-0.3, -0.25) is 0 Å². The molecule has 0 saturated carbocycles. The molecule has 1 atom stereocenters. The normalized spacial score (nSPS) is 19.5. The lowest BCUT2D eigenvalue weighted by atomic mass is 9.99. The molecular formula is C12H22N4S. The van der Waals surface area contributed by atoms with Crippen molar-refractivity contribution in [2.45, 2.75) is 25.3 Å². The quantitative estimate of drug-likeness (QED) is 0.884. The van der Waals surface area contributed by atoms with Crippen LogP contribution in [0, 0.1) is 0 Å². The Kier molecular flexibility index (Phi) is 4.01. The first-order valence-electron chi connectivity index (χ1n) is 6.19. The van der Waals surface area contributed by atoms with Crippen LogP contribution < -0.4 is 10.6 Å². The van der Waals surface area contributed by atoms with Gasteiger partial charge in [-0.25, -0.2) is 4.98 Å². The highest BCUT2D eigenvalue weighted by Gasteiger charge is 2.22. The topological polar surface area (TPSA) is 45.4 Å². The first-order chi connectivity index (χ1) is 8.08. The third kappa shape index (κ3) is 2.97. The first-order valence-corrected chi connectivity index (χ1v) is 7.00. The zero-order chi connectivity index (χ0) is 12.4. The summed E-state index contributed by atoms with van der Waals surface area (Å²) in [6.07, 6.45) is 3.38. The van der Waals surface area contributed by atoms with Crippen LogP contribution in [-0.2, 0) is 6.42 Å². The number of hydrogen-bond acceptors (Lipinski definition) is 5. The molecule has 1 aliphatic rings. The van der Waals surface area contributed by atoms with Crippen molar-refractivity contribution in [1.29, 1.82) is 0 Å². The standard InChI is InChI=1S/C12H22N4S/c1-15(2)7-8-16(3)12-14-10-6-4-5-9(13)11(10)17-12/h9H,4-8,13H2,1-3H3. The van der Waals surface area contributed by atoms with Crippen molar-refractivity contribution in [2.75, 3.05) is 39.1 Å². The minimum atomic E-state index is 0.215. The minimum absolute atomic E-state index is 0.215. The molecule has 17 heavy (non-hydrogen) atoms. The first kappa shape index (κ1) is 12.8. The molecule has 1 unspecified atom stereocenters. The smallest absolute Gasteiger partial charge is 0.185 e. The molecule has 0 radical (unpaired) electrons. The second kappa shape index (κ2) is 5.33. The number of aryl methyl sites for hydroxylation is 1. The van der Waals surface area contributed by atoms with Crippen molar-refractivity contribution in [3.05, 3.63) is 10.6 Å². The molecule has 96 valence electrons. The monoisotopic (exact) mass is 254 g/mol. The summed E-state index contributed by atoms with van der Waals surface area (Å²) in [5, 5.41) is 1.12. The van der Waals surface area contributed by atoms with Crippen molar-refractivity contribution in [2.24, 2.45) is 5.73 Å². The Hall–Kier alpha value is -0.650. The van der Waals surface area contributed by atoms with E-state index < -0.39 is 0 Å². The van der Waals surface area contributed by atoms with Gasteiger partial charge in [0.15, 0.2) is 5.13 Å². The molecule has 0 bridgehead atoms. The fraction of sp³-hybridized carbons (Fsp3) is 0.750. The van der Waals surface area contributed by atoms with Crippen molar-refractivity contribution in [1.82, 2.24) is 9.88 Å². The number of fused-ring (bicyclic) bond motifs is 1. The van der Waals surface area contributed by atoms with Gasteiger partial charge >= 0.3 is 0 Å². The van der Waals surface area contributed by atoms with E-state index in [2.05, 4.69) is 30.9 Å². The van der Waals surface area contributed by atoms with E-state index in [0.29, 0.717) is 0 Å². The summed E-state index contributed by atoms with van der Waals surface area (Å²) in [6, 6.07) is 0.215. The molecule has 1 aromatic heterocycles. The van der Waals surface area contributed by atoms with Crippen LogP contribution in [0.25, 0.3) is 0 Å². The Morgan fingerprint density at radius 3 is 2.76 bits per heavy atom. The molecule has 1 aliphatic carbocycles. The Balaban J connectivity index is 2.06. The predicted molar refractivity (Wildman–Crippen MR) is 73.8 cm³/mol. The lowest BCUT2D eigenvalue weighted by Gasteiger charge is -2.18. The van der Waals surface area contributed by atoms with Crippen LogP contribution in [0.1, 0.15) is 29.5 Å². The van der Waals surface area contributed by atoms with E-state index in [4.69, 9.17) is 10.7 Å². The van der Waals surface area contributed by atoms with E-state index in [9.17, 15) is 0 Å². The van der Waals surface area contributed by atoms with Crippen molar-refractivity contribution in [3.63, 3.8) is 0 Å². The van der Waals surface area contributed by atoms with Gasteiger partial charge in [0, 0.05) is 31.1 Å². The molecule has 1 heterocycles. The third-order valence-corrected chi connectivity index (χ3v) is 4.53. The Morgan fingerprint density at radius 1 is 1.35 bits per heavy atom. The lowest BCUT2D eigenvalue weighted by molar-refractivity contribution is 0.416. The van der Waals surface area contributed by atoms with Crippen LogP contribution in [0.3, 0.4) is 0 Å². The van der Waals surface area contributed by atoms with Gasteiger partial charge in [-0.2, -0.15) is 0 Å². The fourth-order valence-electron chi connectivity index (χ4n) is 2.05. The molecule has 2 N–H and O–H groups in total. The highest BCUT2D eigenvalue weighted by atomic mass is 32.1. The van der Waals surface area contributed by atoms with Crippen LogP contribution in [0.4, 0.5) is 5.13 Å². The molecule has 0 amide bonds. The Labute approximate surface area is 107 Å². The average Bonchev–Trinajstić information content (AvgIpc) is 2.71. The van der Waals surface area contributed by atoms with E-state index in [-0.39, 0.29) is 6.04 Å². The molecule has 0 aliphatic heterocycles. The largest absolute Gasteiger partial charge is 0.350 e. The summed E-state index contributed by atoms with van der Waals surface area (Å²) in [4.78, 5) is 10.5. The summed E-state index contributed by atoms with van der Waals surface area (Å²) in [5.74, 6) is 0. The van der Waals surface area contributed by atoms with Crippen molar-refractivity contribution >= 4 is 16.5 Å². The number of hydrogen-bond donors (Lipinski definition) is 1. The van der Waals surface area contributed by atoms with Gasteiger partial charge in [-0.05, 0) is 33.4 Å².